The average molecular weight is 468 g/mol. The highest BCUT2D eigenvalue weighted by molar-refractivity contribution is 7.94. The summed E-state index contributed by atoms with van der Waals surface area (Å²) in [6.45, 7) is 6.93. The fraction of sp³-hybridized carbons (Fsp3) is 0.360. The molecule has 8 heteroatoms. The van der Waals surface area contributed by atoms with Crippen LogP contribution in [0.25, 0.3) is 6.08 Å². The van der Waals surface area contributed by atoms with Gasteiger partial charge in [0.25, 0.3) is 5.91 Å². The van der Waals surface area contributed by atoms with Crippen LogP contribution in [0.3, 0.4) is 0 Å². The van der Waals surface area contributed by atoms with E-state index in [-0.39, 0.29) is 17.3 Å². The number of amides is 2. The third-order valence-electron chi connectivity index (χ3n) is 6.07. The topological polar surface area (TPSA) is 78.0 Å². The lowest BCUT2D eigenvalue weighted by atomic mass is 9.95. The molecule has 0 aromatic heterocycles. The quantitative estimate of drug-likeness (QED) is 0.676. The first kappa shape index (κ1) is 23.2. The number of anilines is 1. The zero-order chi connectivity index (χ0) is 23.6. The number of carbonyl (C=O) groups is 2. The summed E-state index contributed by atoms with van der Waals surface area (Å²) in [6.07, 6.45) is 4.24. The van der Waals surface area contributed by atoms with Crippen molar-refractivity contribution in [1.82, 2.24) is 9.80 Å². The van der Waals surface area contributed by atoms with Crippen molar-refractivity contribution in [2.45, 2.75) is 13.8 Å². The van der Waals surface area contributed by atoms with Gasteiger partial charge in [0, 0.05) is 38.3 Å². The van der Waals surface area contributed by atoms with Crippen LogP contribution in [0.2, 0.25) is 0 Å². The van der Waals surface area contributed by atoms with E-state index in [0.29, 0.717) is 18.7 Å². The van der Waals surface area contributed by atoms with E-state index in [0.717, 1.165) is 23.9 Å². The molecule has 2 saturated heterocycles. The van der Waals surface area contributed by atoms with Gasteiger partial charge in [-0.1, -0.05) is 42.5 Å². The van der Waals surface area contributed by atoms with Crippen molar-refractivity contribution in [3.05, 3.63) is 71.8 Å². The Morgan fingerprint density at radius 3 is 2.18 bits per heavy atom. The predicted molar refractivity (Wildman–Crippen MR) is 129 cm³/mol. The highest BCUT2D eigenvalue weighted by Crippen LogP contribution is 2.35. The third kappa shape index (κ3) is 5.02. The van der Waals surface area contributed by atoms with Crippen LogP contribution in [0.4, 0.5) is 5.69 Å². The van der Waals surface area contributed by atoms with E-state index in [2.05, 4.69) is 29.2 Å². The monoisotopic (exact) mass is 467 g/mol. The fourth-order valence-corrected chi connectivity index (χ4v) is 6.33. The van der Waals surface area contributed by atoms with E-state index in [4.69, 9.17) is 0 Å². The van der Waals surface area contributed by atoms with E-state index in [1.165, 1.54) is 17.7 Å². The first-order chi connectivity index (χ1) is 15.7. The van der Waals surface area contributed by atoms with E-state index >= 15 is 0 Å². The lowest BCUT2D eigenvalue weighted by molar-refractivity contribution is -0.123. The van der Waals surface area contributed by atoms with Crippen LogP contribution in [-0.2, 0) is 14.8 Å². The summed E-state index contributed by atoms with van der Waals surface area (Å²) in [5.74, 6) is -0.749. The Morgan fingerprint density at radius 2 is 1.61 bits per heavy atom. The molecule has 4 rings (SSSR count). The maximum atomic E-state index is 12.9. The van der Waals surface area contributed by atoms with Gasteiger partial charge in [-0.15, -0.1) is 0 Å². The lowest BCUT2D eigenvalue weighted by Gasteiger charge is -2.34. The van der Waals surface area contributed by atoms with Gasteiger partial charge < -0.3 is 4.90 Å². The van der Waals surface area contributed by atoms with Gasteiger partial charge in [-0.05, 0) is 43.7 Å². The number of hydrogen-bond acceptors (Lipinski definition) is 5. The van der Waals surface area contributed by atoms with E-state index in [1.54, 1.807) is 26.0 Å². The normalized spacial score (nSPS) is 20.5. The standard InChI is InChI=1S/C25H29N3O4S/c1-25(2)19-33(31,32)28(24(25)30)22-12-10-21(11-13-22)23(29)27-17-15-26(16-18-27)14-6-9-20-7-4-3-5-8-20/h3-13H,14-19H2,1-2H3/b9-6+. The van der Waals surface area contributed by atoms with Crippen molar-refractivity contribution in [3.63, 3.8) is 0 Å². The number of carbonyl (C=O) groups excluding carboxylic acids is 2. The van der Waals surface area contributed by atoms with Crippen LogP contribution >= 0.6 is 0 Å². The second-order valence-electron chi connectivity index (χ2n) is 9.16. The number of hydrogen-bond donors (Lipinski definition) is 0. The van der Waals surface area contributed by atoms with Crippen molar-refractivity contribution in [3.8, 4) is 0 Å². The Balaban J connectivity index is 1.34. The summed E-state index contributed by atoms with van der Waals surface area (Å²) < 4.78 is 25.8. The van der Waals surface area contributed by atoms with Crippen molar-refractivity contribution in [1.29, 1.82) is 0 Å². The van der Waals surface area contributed by atoms with Crippen LogP contribution < -0.4 is 4.31 Å². The second kappa shape index (κ2) is 9.11. The largest absolute Gasteiger partial charge is 0.336 e. The van der Waals surface area contributed by atoms with Crippen molar-refractivity contribution >= 4 is 33.6 Å². The number of rotatable bonds is 5. The molecule has 2 amide bonds. The molecule has 2 aliphatic rings. The molecular formula is C25H29N3O4S. The van der Waals surface area contributed by atoms with Crippen molar-refractivity contribution < 1.29 is 18.0 Å². The van der Waals surface area contributed by atoms with Crippen LogP contribution in [0.5, 0.6) is 0 Å². The molecule has 0 N–H and O–H groups in total. The Kier molecular flexibility index (Phi) is 6.41. The summed E-state index contributed by atoms with van der Waals surface area (Å²) in [7, 11) is -3.70. The van der Waals surface area contributed by atoms with E-state index in [1.807, 2.05) is 23.1 Å². The van der Waals surface area contributed by atoms with Crippen LogP contribution in [-0.4, -0.2) is 68.5 Å². The molecule has 0 unspecified atom stereocenters. The van der Waals surface area contributed by atoms with Gasteiger partial charge >= 0.3 is 0 Å². The Bertz CT molecular complexity index is 1150. The Morgan fingerprint density at radius 1 is 0.970 bits per heavy atom. The molecule has 33 heavy (non-hydrogen) atoms. The van der Waals surface area contributed by atoms with Gasteiger partial charge in [-0.3, -0.25) is 14.5 Å². The molecule has 0 atom stereocenters. The van der Waals surface area contributed by atoms with Gasteiger partial charge in [-0.2, -0.15) is 0 Å². The third-order valence-corrected chi connectivity index (χ3v) is 8.09. The summed E-state index contributed by atoms with van der Waals surface area (Å²) >= 11 is 0. The summed E-state index contributed by atoms with van der Waals surface area (Å²) in [5.41, 5.74) is 0.974. The second-order valence-corrected chi connectivity index (χ2v) is 11.0. The van der Waals surface area contributed by atoms with Gasteiger partial charge in [0.15, 0.2) is 0 Å². The fourth-order valence-electron chi connectivity index (χ4n) is 4.22. The predicted octanol–water partition coefficient (Wildman–Crippen LogP) is 2.86. The smallest absolute Gasteiger partial charge is 0.253 e. The molecule has 2 fully saturated rings. The number of nitrogens with zero attached hydrogens (tertiary/aromatic N) is 3. The van der Waals surface area contributed by atoms with Crippen molar-refractivity contribution in [2.24, 2.45) is 5.41 Å². The highest BCUT2D eigenvalue weighted by atomic mass is 32.2. The zero-order valence-electron chi connectivity index (χ0n) is 19.0. The first-order valence-corrected chi connectivity index (χ1v) is 12.7. The van der Waals surface area contributed by atoms with E-state index < -0.39 is 21.3 Å². The lowest BCUT2D eigenvalue weighted by Crippen LogP contribution is -2.48. The van der Waals surface area contributed by atoms with Gasteiger partial charge in [0.1, 0.15) is 0 Å². The summed E-state index contributed by atoms with van der Waals surface area (Å²) in [5, 5.41) is 0. The maximum absolute atomic E-state index is 12.9. The average Bonchev–Trinajstić information content (AvgIpc) is 2.96. The minimum atomic E-state index is -3.70. The van der Waals surface area contributed by atoms with Crippen LogP contribution in [0.15, 0.2) is 60.7 Å². The SMILES string of the molecule is CC1(C)CS(=O)(=O)N(c2ccc(C(=O)N3CCN(C/C=C/c4ccccc4)CC3)cc2)C1=O. The minimum Gasteiger partial charge on any atom is -0.336 e. The molecule has 2 aromatic carbocycles. The molecule has 0 aliphatic carbocycles. The number of piperazine rings is 1. The Labute approximate surface area is 195 Å². The molecule has 2 aromatic rings. The summed E-state index contributed by atoms with van der Waals surface area (Å²) in [6, 6.07) is 16.4. The maximum Gasteiger partial charge on any atom is 0.253 e. The summed E-state index contributed by atoms with van der Waals surface area (Å²) in [4.78, 5) is 29.6. The Hall–Kier alpha value is -2.97. The molecule has 174 valence electrons. The van der Waals surface area contributed by atoms with Gasteiger partial charge in [-0.25, -0.2) is 12.7 Å². The highest BCUT2D eigenvalue weighted by Gasteiger charge is 2.49. The van der Waals surface area contributed by atoms with E-state index in [9.17, 15) is 18.0 Å². The minimum absolute atomic E-state index is 0.0861. The molecule has 0 bridgehead atoms. The first-order valence-electron chi connectivity index (χ1n) is 11.1. The molecule has 7 nitrogen and oxygen atoms in total. The molecule has 2 heterocycles. The van der Waals surface area contributed by atoms with Crippen molar-refractivity contribution in [2.75, 3.05) is 42.8 Å². The molecule has 0 spiro atoms. The van der Waals surface area contributed by atoms with Gasteiger partial charge in [0.2, 0.25) is 15.9 Å². The molecular weight excluding hydrogens is 438 g/mol. The molecule has 0 radical (unpaired) electrons. The van der Waals surface area contributed by atoms with Crippen LogP contribution in [0, 0.1) is 5.41 Å². The number of benzene rings is 2. The molecule has 2 aliphatic heterocycles. The van der Waals surface area contributed by atoms with Gasteiger partial charge in [0.05, 0.1) is 16.9 Å². The van der Waals surface area contributed by atoms with Crippen LogP contribution in [0.1, 0.15) is 29.8 Å². The number of sulfonamides is 1. The zero-order valence-corrected chi connectivity index (χ0v) is 19.8. The molecule has 0 saturated carbocycles.